The number of carbonyl (C=O) groups is 1. The van der Waals surface area contributed by atoms with Crippen molar-refractivity contribution in [3.63, 3.8) is 0 Å². The summed E-state index contributed by atoms with van der Waals surface area (Å²) in [5.74, 6) is -0.789. The zero-order valence-corrected chi connectivity index (χ0v) is 14.5. The molecule has 0 radical (unpaired) electrons. The Morgan fingerprint density at radius 2 is 1.96 bits per heavy atom. The number of carbonyl (C=O) groups excluding carboxylic acids is 1. The summed E-state index contributed by atoms with van der Waals surface area (Å²) in [7, 11) is 0. The van der Waals surface area contributed by atoms with Crippen LogP contribution in [0.2, 0.25) is 0 Å². The van der Waals surface area contributed by atoms with Crippen LogP contribution in [0.1, 0.15) is 12.5 Å². The Balaban J connectivity index is 1.63. The van der Waals surface area contributed by atoms with Gasteiger partial charge >= 0.3 is 5.69 Å². The second-order valence-corrected chi connectivity index (χ2v) is 6.14. The van der Waals surface area contributed by atoms with Crippen molar-refractivity contribution in [2.24, 2.45) is 0 Å². The summed E-state index contributed by atoms with van der Waals surface area (Å²) in [6.45, 7) is 1.81. The van der Waals surface area contributed by atoms with E-state index < -0.39 is 11.5 Å². The van der Waals surface area contributed by atoms with E-state index in [9.17, 15) is 14.0 Å². The van der Waals surface area contributed by atoms with Crippen LogP contribution in [0.4, 0.5) is 10.1 Å². The predicted molar refractivity (Wildman–Crippen MR) is 99.2 cm³/mol. The van der Waals surface area contributed by atoms with Gasteiger partial charge in [0.2, 0.25) is 5.91 Å². The third-order valence-electron chi connectivity index (χ3n) is 4.32. The fourth-order valence-corrected chi connectivity index (χ4v) is 2.89. The van der Waals surface area contributed by atoms with Crippen LogP contribution in [0.3, 0.4) is 0 Å². The maximum atomic E-state index is 13.4. The zero-order chi connectivity index (χ0) is 19.0. The van der Waals surface area contributed by atoms with Crippen molar-refractivity contribution in [3.8, 4) is 0 Å². The summed E-state index contributed by atoms with van der Waals surface area (Å²) >= 11 is 0. The van der Waals surface area contributed by atoms with E-state index in [-0.39, 0.29) is 12.5 Å². The molecule has 136 valence electrons. The molecule has 2 heterocycles. The first-order chi connectivity index (χ1) is 13.0. The standard InChI is InChI=1S/C19H16FN5O2/c1-2-12-3-6-14(7-4-12)22-17(26)10-25-19(27)24-11-21-16-9-13(20)5-8-15(16)18(24)23-25/h3-9,11H,2,10H2,1H3,(H,22,26). The van der Waals surface area contributed by atoms with Gasteiger partial charge in [0.05, 0.1) is 5.52 Å². The van der Waals surface area contributed by atoms with E-state index >= 15 is 0 Å². The number of fused-ring (bicyclic) bond motifs is 3. The molecule has 0 atom stereocenters. The number of aromatic nitrogens is 4. The van der Waals surface area contributed by atoms with Gasteiger partial charge in [-0.3, -0.25) is 4.79 Å². The molecule has 1 N–H and O–H groups in total. The van der Waals surface area contributed by atoms with E-state index in [1.54, 1.807) is 0 Å². The van der Waals surface area contributed by atoms with Crippen molar-refractivity contribution in [2.75, 3.05) is 5.32 Å². The molecule has 7 nitrogen and oxygen atoms in total. The van der Waals surface area contributed by atoms with Gasteiger partial charge in [0.25, 0.3) is 0 Å². The molecule has 8 heteroatoms. The minimum atomic E-state index is -0.486. The highest BCUT2D eigenvalue weighted by atomic mass is 19.1. The largest absolute Gasteiger partial charge is 0.352 e. The number of aryl methyl sites for hydroxylation is 1. The van der Waals surface area contributed by atoms with Crippen molar-refractivity contribution in [1.82, 2.24) is 19.2 Å². The summed E-state index contributed by atoms with van der Waals surface area (Å²) < 4.78 is 15.7. The van der Waals surface area contributed by atoms with Crippen molar-refractivity contribution in [1.29, 1.82) is 0 Å². The lowest BCUT2D eigenvalue weighted by atomic mass is 10.1. The number of rotatable bonds is 4. The van der Waals surface area contributed by atoms with Gasteiger partial charge in [-0.2, -0.15) is 0 Å². The van der Waals surface area contributed by atoms with Crippen LogP contribution in [0.25, 0.3) is 16.6 Å². The zero-order valence-electron chi connectivity index (χ0n) is 14.5. The van der Waals surface area contributed by atoms with Gasteiger partial charge in [0.1, 0.15) is 18.7 Å². The first-order valence-corrected chi connectivity index (χ1v) is 8.47. The normalized spacial score (nSPS) is 11.2. The number of hydrogen-bond donors (Lipinski definition) is 1. The summed E-state index contributed by atoms with van der Waals surface area (Å²) in [5.41, 5.74) is 2.04. The molecular weight excluding hydrogens is 349 g/mol. The first-order valence-electron chi connectivity index (χ1n) is 8.47. The van der Waals surface area contributed by atoms with Gasteiger partial charge in [0.15, 0.2) is 5.65 Å². The molecular formula is C19H16FN5O2. The monoisotopic (exact) mass is 365 g/mol. The topological polar surface area (TPSA) is 81.3 Å². The quantitative estimate of drug-likeness (QED) is 0.602. The number of amides is 1. The summed E-state index contributed by atoms with van der Waals surface area (Å²) in [6.07, 6.45) is 2.20. The molecule has 27 heavy (non-hydrogen) atoms. The predicted octanol–water partition coefficient (Wildman–Crippen LogP) is 2.38. The number of benzene rings is 2. The number of hydrogen-bond acceptors (Lipinski definition) is 4. The van der Waals surface area contributed by atoms with Crippen molar-refractivity contribution >= 4 is 28.1 Å². The lowest BCUT2D eigenvalue weighted by Crippen LogP contribution is -2.28. The van der Waals surface area contributed by atoms with Crippen molar-refractivity contribution in [3.05, 3.63) is 70.7 Å². The Kier molecular flexibility index (Phi) is 4.15. The summed E-state index contributed by atoms with van der Waals surface area (Å²) in [4.78, 5) is 28.8. The minimum Gasteiger partial charge on any atom is -0.324 e. The molecule has 4 aromatic rings. The fraction of sp³-hybridized carbons (Fsp3) is 0.158. The van der Waals surface area contributed by atoms with E-state index in [1.165, 1.54) is 34.5 Å². The highest BCUT2D eigenvalue weighted by Gasteiger charge is 2.14. The van der Waals surface area contributed by atoms with Crippen LogP contribution < -0.4 is 11.0 Å². The molecule has 0 saturated carbocycles. The maximum absolute atomic E-state index is 13.4. The Bertz CT molecular complexity index is 1210. The molecule has 0 aliphatic heterocycles. The second-order valence-electron chi connectivity index (χ2n) is 6.14. The van der Waals surface area contributed by atoms with Crippen LogP contribution in [-0.4, -0.2) is 25.1 Å². The molecule has 0 fully saturated rings. The Labute approximate surface area is 153 Å². The SMILES string of the molecule is CCc1ccc(NC(=O)Cn2nc3c4ccc(F)cc4ncn3c2=O)cc1. The molecule has 2 aromatic carbocycles. The molecule has 1 amide bonds. The van der Waals surface area contributed by atoms with Gasteiger partial charge < -0.3 is 5.32 Å². The van der Waals surface area contributed by atoms with Gasteiger partial charge in [-0.1, -0.05) is 19.1 Å². The van der Waals surface area contributed by atoms with Gasteiger partial charge in [0, 0.05) is 17.1 Å². The molecule has 4 rings (SSSR count). The molecule has 2 aromatic heterocycles. The third kappa shape index (κ3) is 3.17. The highest BCUT2D eigenvalue weighted by molar-refractivity contribution is 5.92. The Morgan fingerprint density at radius 1 is 1.19 bits per heavy atom. The van der Waals surface area contributed by atoms with Crippen LogP contribution in [-0.2, 0) is 17.8 Å². The number of halogens is 1. The van der Waals surface area contributed by atoms with Gasteiger partial charge in [-0.25, -0.2) is 23.3 Å². The lowest BCUT2D eigenvalue weighted by Gasteiger charge is -2.05. The lowest BCUT2D eigenvalue weighted by molar-refractivity contribution is -0.117. The summed E-state index contributed by atoms with van der Waals surface area (Å²) in [6, 6.07) is 11.6. The van der Waals surface area contributed by atoms with Crippen LogP contribution >= 0.6 is 0 Å². The third-order valence-corrected chi connectivity index (χ3v) is 4.32. The average molecular weight is 365 g/mol. The molecule has 0 aliphatic rings. The minimum absolute atomic E-state index is 0.237. The summed E-state index contributed by atoms with van der Waals surface area (Å²) in [5, 5.41) is 7.50. The molecule has 0 bridgehead atoms. The number of anilines is 1. The van der Waals surface area contributed by atoms with E-state index in [4.69, 9.17) is 0 Å². The smallest absolute Gasteiger partial charge is 0.324 e. The van der Waals surface area contributed by atoms with Gasteiger partial charge in [-0.15, -0.1) is 5.10 Å². The Morgan fingerprint density at radius 3 is 2.70 bits per heavy atom. The molecule has 0 unspecified atom stereocenters. The maximum Gasteiger partial charge on any atom is 0.352 e. The molecule has 0 aliphatic carbocycles. The van der Waals surface area contributed by atoms with Crippen LogP contribution in [0.15, 0.2) is 53.6 Å². The molecule has 0 saturated heterocycles. The fourth-order valence-electron chi connectivity index (χ4n) is 2.89. The van der Waals surface area contributed by atoms with Crippen LogP contribution in [0, 0.1) is 5.82 Å². The van der Waals surface area contributed by atoms with Crippen LogP contribution in [0.5, 0.6) is 0 Å². The van der Waals surface area contributed by atoms with E-state index in [0.717, 1.165) is 11.1 Å². The second kappa shape index (κ2) is 6.64. The van der Waals surface area contributed by atoms with E-state index in [1.807, 2.05) is 24.3 Å². The average Bonchev–Trinajstić information content (AvgIpc) is 2.98. The molecule has 0 spiro atoms. The van der Waals surface area contributed by atoms with E-state index in [2.05, 4.69) is 22.3 Å². The number of nitrogens with one attached hydrogen (secondary N) is 1. The first kappa shape index (κ1) is 16.9. The van der Waals surface area contributed by atoms with Crippen molar-refractivity contribution < 1.29 is 9.18 Å². The Hall–Kier alpha value is -3.55. The highest BCUT2D eigenvalue weighted by Crippen LogP contribution is 2.16. The van der Waals surface area contributed by atoms with Gasteiger partial charge in [-0.05, 0) is 36.2 Å². The van der Waals surface area contributed by atoms with Crippen molar-refractivity contribution in [2.45, 2.75) is 19.9 Å². The van der Waals surface area contributed by atoms with E-state index in [0.29, 0.717) is 22.2 Å². The number of nitrogens with zero attached hydrogens (tertiary/aromatic N) is 4.